The molecule has 0 unspecified atom stereocenters. The number of rotatable bonds is 4. The summed E-state index contributed by atoms with van der Waals surface area (Å²) in [4.78, 5) is 0. The molecule has 0 spiro atoms. The predicted octanol–water partition coefficient (Wildman–Crippen LogP) is 4.96. The van der Waals surface area contributed by atoms with Crippen LogP contribution in [0.25, 0.3) is 0 Å². The number of ether oxygens (including phenoxy) is 10. The van der Waals surface area contributed by atoms with E-state index in [1.165, 1.54) is 0 Å². The van der Waals surface area contributed by atoms with Crippen LogP contribution in [0, 0.1) is 0 Å². The predicted molar refractivity (Wildman–Crippen MR) is 182 cm³/mol. The van der Waals surface area contributed by atoms with Crippen LogP contribution in [0.5, 0.6) is 23.0 Å². The molecule has 48 heavy (non-hydrogen) atoms. The molecule has 4 heterocycles. The summed E-state index contributed by atoms with van der Waals surface area (Å²) < 4.78 is 57.2. The van der Waals surface area contributed by atoms with Crippen molar-refractivity contribution in [3.05, 3.63) is 82.9 Å². The Balaban J connectivity index is 1.20. The third-order valence-electron chi connectivity index (χ3n) is 6.88. The fourth-order valence-corrected chi connectivity index (χ4v) is 4.58. The average Bonchev–Trinajstić information content (AvgIpc) is 3.10. The van der Waals surface area contributed by atoms with Gasteiger partial charge in [0.25, 0.3) is 0 Å². The first-order chi connectivity index (χ1) is 23.8. The second-order valence-corrected chi connectivity index (χ2v) is 11.0. The smallest absolute Gasteiger partial charge is 0.124 e. The van der Waals surface area contributed by atoms with Gasteiger partial charge < -0.3 is 52.7 Å². The first-order valence-electron chi connectivity index (χ1n) is 16.4. The summed E-state index contributed by atoms with van der Waals surface area (Å²) in [6.07, 6.45) is 0. The number of hydrogen-bond acceptors (Lipinski definition) is 11. The molecule has 264 valence electrons. The molecule has 11 nitrogen and oxygen atoms in total. The highest BCUT2D eigenvalue weighted by Crippen LogP contribution is 2.25. The molecular weight excluding hydrogens is 642 g/mol. The minimum Gasteiger partial charge on any atom is -0.491 e. The first kappa shape index (κ1) is 37.7. The Hall–Kier alpha value is -3.13. The average molecular weight is 690 g/mol. The molecule has 1 N–H and O–H groups in total. The highest BCUT2D eigenvalue weighted by atomic mass is 35.5. The number of hydrogen-bond donors (Lipinski definition) is 1. The van der Waals surface area contributed by atoms with E-state index in [-0.39, 0.29) is 0 Å². The lowest BCUT2D eigenvalue weighted by molar-refractivity contribution is 0.00464. The van der Waals surface area contributed by atoms with Crippen LogP contribution >= 0.6 is 11.6 Å². The van der Waals surface area contributed by atoms with Gasteiger partial charge in [-0.05, 0) is 60.2 Å². The van der Waals surface area contributed by atoms with Crippen LogP contribution < -0.4 is 24.3 Å². The third-order valence-corrected chi connectivity index (χ3v) is 7.13. The van der Waals surface area contributed by atoms with Gasteiger partial charge in [-0.3, -0.25) is 0 Å². The van der Waals surface area contributed by atoms with Crippen LogP contribution in [0.1, 0.15) is 11.1 Å². The van der Waals surface area contributed by atoms with E-state index >= 15 is 0 Å². The summed E-state index contributed by atoms with van der Waals surface area (Å²) in [6, 6.07) is 21.1. The fraction of sp³-hybridized carbons (Fsp3) is 0.500. The Kier molecular flexibility index (Phi) is 18.9. The van der Waals surface area contributed by atoms with Crippen molar-refractivity contribution in [1.29, 1.82) is 0 Å². The van der Waals surface area contributed by atoms with Crippen LogP contribution in [0.15, 0.2) is 66.7 Å². The van der Waals surface area contributed by atoms with Crippen molar-refractivity contribution in [3.8, 4) is 23.0 Å². The van der Waals surface area contributed by atoms with Crippen LogP contribution in [-0.2, 0) is 41.5 Å². The van der Waals surface area contributed by atoms with Crippen LogP contribution in [0.3, 0.4) is 0 Å². The Bertz CT molecular complexity index is 1250. The highest BCUT2D eigenvalue weighted by Gasteiger charge is 2.08. The summed E-state index contributed by atoms with van der Waals surface area (Å²) in [5.41, 5.74) is 2.12. The summed E-state index contributed by atoms with van der Waals surface area (Å²) in [5, 5.41) is 4.19. The van der Waals surface area contributed by atoms with Gasteiger partial charge in [-0.1, -0.05) is 23.7 Å². The van der Waals surface area contributed by atoms with E-state index in [4.69, 9.17) is 59.0 Å². The number of nitrogens with one attached hydrogen (secondary N) is 1. The van der Waals surface area contributed by atoms with E-state index in [2.05, 4.69) is 5.32 Å². The van der Waals surface area contributed by atoms with Crippen molar-refractivity contribution in [1.82, 2.24) is 5.32 Å². The lowest BCUT2D eigenvalue weighted by atomic mass is 10.1. The molecule has 3 aromatic carbocycles. The molecule has 4 aliphatic heterocycles. The second-order valence-electron chi connectivity index (χ2n) is 10.5. The van der Waals surface area contributed by atoms with Crippen LogP contribution in [0.4, 0.5) is 0 Å². The summed E-state index contributed by atoms with van der Waals surface area (Å²) in [6.45, 7) is 8.64. The Labute approximate surface area is 288 Å². The summed E-state index contributed by atoms with van der Waals surface area (Å²) in [7, 11) is 0. The summed E-state index contributed by atoms with van der Waals surface area (Å²) >= 11 is 6.03. The third kappa shape index (κ3) is 16.3. The van der Waals surface area contributed by atoms with E-state index in [1.807, 2.05) is 66.7 Å². The molecule has 4 aliphatic rings. The van der Waals surface area contributed by atoms with Crippen molar-refractivity contribution < 1.29 is 47.4 Å². The molecule has 0 radical (unpaired) electrons. The van der Waals surface area contributed by atoms with E-state index in [0.717, 1.165) is 34.1 Å². The fourth-order valence-electron chi connectivity index (χ4n) is 4.45. The molecule has 7 rings (SSSR count). The van der Waals surface area contributed by atoms with Gasteiger partial charge in [0.05, 0.1) is 79.3 Å². The monoisotopic (exact) mass is 689 g/mol. The maximum atomic E-state index is 6.07. The van der Waals surface area contributed by atoms with Gasteiger partial charge in [-0.2, -0.15) is 0 Å². The van der Waals surface area contributed by atoms with Gasteiger partial charge in [0, 0.05) is 23.7 Å². The van der Waals surface area contributed by atoms with Gasteiger partial charge in [0.1, 0.15) is 49.4 Å². The Morgan fingerprint density at radius 2 is 0.812 bits per heavy atom. The van der Waals surface area contributed by atoms with E-state index in [1.54, 1.807) is 0 Å². The van der Waals surface area contributed by atoms with Gasteiger partial charge >= 0.3 is 0 Å². The number of benzene rings is 3. The lowest BCUT2D eigenvalue weighted by Gasteiger charge is -2.15. The SMILES string of the molecule is Clc1ccc(CNCc2cc3ccc2OCCOCCOCCOCCOc2ccc(cc2)OCCOCCOCCOCCO3)cc1. The van der Waals surface area contributed by atoms with Crippen LogP contribution in [-0.4, -0.2) is 106 Å². The molecule has 4 bridgehead atoms. The molecule has 0 saturated carbocycles. The zero-order valence-electron chi connectivity index (χ0n) is 27.5. The Morgan fingerprint density at radius 1 is 0.417 bits per heavy atom. The van der Waals surface area contributed by atoms with Crippen molar-refractivity contribution in [2.75, 3.05) is 106 Å². The van der Waals surface area contributed by atoms with E-state index in [9.17, 15) is 0 Å². The van der Waals surface area contributed by atoms with Crippen molar-refractivity contribution in [2.24, 2.45) is 0 Å². The lowest BCUT2D eigenvalue weighted by Crippen LogP contribution is -2.16. The zero-order chi connectivity index (χ0) is 33.3. The largest absolute Gasteiger partial charge is 0.491 e. The molecule has 0 atom stereocenters. The molecule has 0 saturated heterocycles. The molecular formula is C36H48ClNO10. The molecule has 3 aromatic rings. The molecule has 0 amide bonds. The molecule has 0 aromatic heterocycles. The molecule has 0 aliphatic carbocycles. The maximum Gasteiger partial charge on any atom is 0.124 e. The number of halogens is 1. The highest BCUT2D eigenvalue weighted by molar-refractivity contribution is 6.30. The first-order valence-corrected chi connectivity index (χ1v) is 16.8. The molecule has 0 fully saturated rings. The topological polar surface area (TPSA) is 104 Å². The standard InChI is InChI=1S/C36H48ClNO10/c37-32-3-1-30(2-4-32)28-38-29-31-27-35-9-10-36(31)48-26-22-44-18-14-40-12-16-42-20-24-46-34-7-5-33(6-8-34)45-23-19-41-15-11-39-13-17-43-21-25-47-35/h1-10,27,38H,11-26,28-29H2. The quantitative estimate of drug-likeness (QED) is 0.402. The zero-order valence-corrected chi connectivity index (χ0v) is 28.3. The van der Waals surface area contributed by atoms with Gasteiger partial charge in [0.15, 0.2) is 0 Å². The van der Waals surface area contributed by atoms with E-state index < -0.39 is 0 Å². The van der Waals surface area contributed by atoms with Gasteiger partial charge in [-0.25, -0.2) is 0 Å². The van der Waals surface area contributed by atoms with Crippen molar-refractivity contribution in [3.63, 3.8) is 0 Å². The van der Waals surface area contributed by atoms with Gasteiger partial charge in [-0.15, -0.1) is 0 Å². The minimum atomic E-state index is 0.408. The van der Waals surface area contributed by atoms with Crippen molar-refractivity contribution in [2.45, 2.75) is 13.1 Å². The van der Waals surface area contributed by atoms with Crippen molar-refractivity contribution >= 4 is 11.6 Å². The molecule has 12 heteroatoms. The van der Waals surface area contributed by atoms with Gasteiger partial charge in [0.2, 0.25) is 0 Å². The van der Waals surface area contributed by atoms with E-state index in [0.29, 0.717) is 124 Å². The summed E-state index contributed by atoms with van der Waals surface area (Å²) in [5.74, 6) is 3.02. The normalized spacial score (nSPS) is 17.6. The maximum absolute atomic E-state index is 6.07. The van der Waals surface area contributed by atoms with Crippen LogP contribution in [0.2, 0.25) is 5.02 Å². The minimum absolute atomic E-state index is 0.408. The Morgan fingerprint density at radius 3 is 1.29 bits per heavy atom. The second kappa shape index (κ2) is 24.1.